The lowest BCUT2D eigenvalue weighted by Gasteiger charge is -2.28. The van der Waals surface area contributed by atoms with Gasteiger partial charge in [-0.15, -0.1) is 0 Å². The molecule has 1 saturated heterocycles. The van der Waals surface area contributed by atoms with E-state index in [9.17, 15) is 15.0 Å². The van der Waals surface area contributed by atoms with E-state index >= 15 is 0 Å². The first-order valence-corrected chi connectivity index (χ1v) is 16.3. The minimum absolute atomic E-state index is 0.0282. The maximum atomic E-state index is 12.5. The zero-order valence-corrected chi connectivity index (χ0v) is 25.4. The maximum absolute atomic E-state index is 12.5. The molecule has 6 atom stereocenters. The lowest BCUT2D eigenvalue weighted by molar-refractivity contribution is -0.149. The highest BCUT2D eigenvalue weighted by molar-refractivity contribution is 8.09. The largest absolute Gasteiger partial charge is 0.462 e. The number of hydrogen-bond donors (Lipinski definition) is 5. The van der Waals surface area contributed by atoms with Crippen LogP contribution in [0.1, 0.15) is 46.8 Å². The topological polar surface area (TPSA) is 188 Å². The summed E-state index contributed by atoms with van der Waals surface area (Å²) in [5.41, 5.74) is 4.99. The molecule has 16 heteroatoms. The molecular formula is C26H36N7O7PS. The number of nitrogens with two attached hydrogens (primary N) is 1. The van der Waals surface area contributed by atoms with E-state index in [-0.39, 0.29) is 18.7 Å². The number of benzene rings is 1. The first-order valence-electron chi connectivity index (χ1n) is 13.7. The first kappa shape index (κ1) is 30.5. The van der Waals surface area contributed by atoms with Crippen LogP contribution in [0.4, 0.5) is 11.8 Å². The number of esters is 1. The molecule has 14 nitrogen and oxygen atoms in total. The highest BCUT2D eigenvalue weighted by atomic mass is 32.5. The number of nitrogen functional groups attached to an aromatic ring is 1. The van der Waals surface area contributed by atoms with E-state index in [4.69, 9.17) is 36.1 Å². The van der Waals surface area contributed by atoms with Gasteiger partial charge < -0.3 is 39.8 Å². The molecule has 1 aromatic carbocycles. The van der Waals surface area contributed by atoms with Gasteiger partial charge in [0.15, 0.2) is 23.2 Å². The van der Waals surface area contributed by atoms with Gasteiger partial charge in [0.05, 0.1) is 19.0 Å². The Bertz CT molecular complexity index is 1470. The van der Waals surface area contributed by atoms with Crippen LogP contribution in [0.5, 0.6) is 5.75 Å². The summed E-state index contributed by atoms with van der Waals surface area (Å²) in [7, 11) is 0. The number of nitrogens with one attached hydrogen (secondary N) is 2. The van der Waals surface area contributed by atoms with Crippen molar-refractivity contribution in [3.05, 3.63) is 36.7 Å². The normalized spacial score (nSPS) is 26.2. The molecule has 2 aromatic heterocycles. The third-order valence-electron chi connectivity index (χ3n) is 6.80. The van der Waals surface area contributed by atoms with Crippen LogP contribution in [-0.2, 0) is 30.6 Å². The van der Waals surface area contributed by atoms with E-state index in [0.717, 1.165) is 12.8 Å². The van der Waals surface area contributed by atoms with Gasteiger partial charge in [-0.25, -0.2) is 10.1 Å². The minimum atomic E-state index is -3.41. The van der Waals surface area contributed by atoms with Crippen molar-refractivity contribution in [2.24, 2.45) is 0 Å². The number of nitrogens with zero attached hydrogens (tertiary/aromatic N) is 4. The molecule has 5 rings (SSSR count). The average Bonchev–Trinajstić information content (AvgIpc) is 3.59. The lowest BCUT2D eigenvalue weighted by Crippen LogP contribution is -2.44. The smallest absolute Gasteiger partial charge is 0.323 e. The van der Waals surface area contributed by atoms with Crippen LogP contribution >= 0.6 is 6.64 Å². The molecule has 6 N–H and O–H groups in total. The zero-order valence-electron chi connectivity index (χ0n) is 23.7. The lowest BCUT2D eigenvalue weighted by atomic mass is 9.96. The molecule has 0 radical (unpaired) electrons. The fourth-order valence-corrected chi connectivity index (χ4v) is 6.93. The third-order valence-corrected chi connectivity index (χ3v) is 9.30. The van der Waals surface area contributed by atoms with Crippen molar-refractivity contribution in [3.63, 3.8) is 0 Å². The zero-order chi connectivity index (χ0) is 30.2. The Labute approximate surface area is 248 Å². The molecule has 0 bridgehead atoms. The number of carbonyl (C=O) groups is 1. The highest BCUT2D eigenvalue weighted by Crippen LogP contribution is 2.47. The van der Waals surface area contributed by atoms with Crippen LogP contribution in [-0.4, -0.2) is 78.3 Å². The summed E-state index contributed by atoms with van der Waals surface area (Å²) in [6.07, 6.45) is -0.355. The molecule has 2 fully saturated rings. The predicted octanol–water partition coefficient (Wildman–Crippen LogP) is 2.24. The van der Waals surface area contributed by atoms with Crippen molar-refractivity contribution < 1.29 is 33.5 Å². The van der Waals surface area contributed by atoms with E-state index in [1.54, 1.807) is 45.0 Å². The maximum Gasteiger partial charge on any atom is 0.323 e. The van der Waals surface area contributed by atoms with Gasteiger partial charge >= 0.3 is 12.6 Å². The Morgan fingerprint density at radius 2 is 2.00 bits per heavy atom. The Hall–Kier alpha value is -2.91. The summed E-state index contributed by atoms with van der Waals surface area (Å²) in [6, 6.07) is 8.22. The molecule has 0 spiro atoms. The number of ether oxygens (including phenoxy) is 2. The quantitative estimate of drug-likeness (QED) is 0.146. The Kier molecular flexibility index (Phi) is 8.72. The van der Waals surface area contributed by atoms with Crippen molar-refractivity contribution in [3.8, 4) is 5.75 Å². The predicted molar refractivity (Wildman–Crippen MR) is 158 cm³/mol. The SMILES string of the molecule is CC(C)OC(=O)C(C)NP(=S)(OCC1OC(n2cnc3c(NC4CC4)nc(N)nc32)C(C)(O)C1O)Oc1ccccc1. The van der Waals surface area contributed by atoms with Crippen molar-refractivity contribution in [2.45, 2.75) is 82.8 Å². The number of aliphatic hydroxyl groups is 2. The number of imidazole rings is 1. The van der Waals surface area contributed by atoms with Crippen LogP contribution < -0.4 is 20.7 Å². The second-order valence-electron chi connectivity index (χ2n) is 10.9. The summed E-state index contributed by atoms with van der Waals surface area (Å²) in [4.78, 5) is 25.6. The van der Waals surface area contributed by atoms with Crippen molar-refractivity contribution in [1.29, 1.82) is 0 Å². The second kappa shape index (κ2) is 12.0. The van der Waals surface area contributed by atoms with Gasteiger partial charge in [-0.3, -0.25) is 9.36 Å². The van der Waals surface area contributed by atoms with E-state index in [1.807, 2.05) is 6.07 Å². The monoisotopic (exact) mass is 621 g/mol. The second-order valence-corrected chi connectivity index (χ2v) is 14.0. The fourth-order valence-electron chi connectivity index (χ4n) is 4.51. The van der Waals surface area contributed by atoms with E-state index in [0.29, 0.717) is 28.8 Å². The molecule has 0 amide bonds. The summed E-state index contributed by atoms with van der Waals surface area (Å²) in [5, 5.41) is 28.8. The van der Waals surface area contributed by atoms with Gasteiger partial charge in [-0.1, -0.05) is 18.2 Å². The summed E-state index contributed by atoms with van der Waals surface area (Å²) in [6.45, 7) is 2.85. The van der Waals surface area contributed by atoms with E-state index in [2.05, 4.69) is 25.4 Å². The standard InChI is InChI=1S/C26H36N7O7PS/c1-14(2)38-23(35)15(3)32-41(42,40-17-8-6-5-7-9-17)37-12-18-20(34)26(4,36)24(39-18)33-13-28-19-21(29-16-10-11-16)30-25(27)31-22(19)33/h5-9,13-16,18,20,24,34,36H,10-12H2,1-4H3,(H,32,42)(H3,27,29,30,31). The number of anilines is 2. The number of rotatable bonds is 12. The van der Waals surface area contributed by atoms with Crippen LogP contribution in [0.3, 0.4) is 0 Å². The number of hydrogen-bond acceptors (Lipinski definition) is 13. The molecule has 3 heterocycles. The Balaban J connectivity index is 1.36. The first-order chi connectivity index (χ1) is 19.9. The third kappa shape index (κ3) is 6.67. The highest BCUT2D eigenvalue weighted by Gasteiger charge is 2.54. The molecular weight excluding hydrogens is 585 g/mol. The number of aliphatic hydroxyl groups excluding tert-OH is 1. The molecule has 1 aliphatic carbocycles. The van der Waals surface area contributed by atoms with Crippen molar-refractivity contribution in [1.82, 2.24) is 24.6 Å². The van der Waals surface area contributed by atoms with Gasteiger partial charge in [0, 0.05) is 6.04 Å². The molecule has 228 valence electrons. The molecule has 3 aromatic rings. The fraction of sp³-hybridized carbons (Fsp3) is 0.538. The van der Waals surface area contributed by atoms with E-state index in [1.165, 1.54) is 17.8 Å². The van der Waals surface area contributed by atoms with Crippen LogP contribution in [0.2, 0.25) is 0 Å². The molecule has 1 saturated carbocycles. The molecule has 2 aliphatic rings. The molecule has 42 heavy (non-hydrogen) atoms. The van der Waals surface area contributed by atoms with Gasteiger partial charge in [0.1, 0.15) is 29.6 Å². The number of carbonyl (C=O) groups excluding carboxylic acids is 1. The van der Waals surface area contributed by atoms with Gasteiger partial charge in [-0.05, 0) is 64.5 Å². The summed E-state index contributed by atoms with van der Waals surface area (Å²) < 4.78 is 25.0. The Morgan fingerprint density at radius 1 is 1.29 bits per heavy atom. The Morgan fingerprint density at radius 3 is 2.67 bits per heavy atom. The number of fused-ring (bicyclic) bond motifs is 1. The van der Waals surface area contributed by atoms with Crippen molar-refractivity contribution >= 4 is 47.3 Å². The van der Waals surface area contributed by atoms with Gasteiger partial charge in [0.2, 0.25) is 5.95 Å². The summed E-state index contributed by atoms with van der Waals surface area (Å²) in [5.74, 6) is 0.420. The molecule has 1 aliphatic heterocycles. The average molecular weight is 622 g/mol. The molecule has 6 unspecified atom stereocenters. The van der Waals surface area contributed by atoms with Crippen LogP contribution in [0.25, 0.3) is 11.2 Å². The number of aromatic nitrogens is 4. The van der Waals surface area contributed by atoms with Crippen LogP contribution in [0.15, 0.2) is 36.7 Å². The van der Waals surface area contributed by atoms with Gasteiger partial charge in [-0.2, -0.15) is 9.97 Å². The number of para-hydroxylation sites is 1. The van der Waals surface area contributed by atoms with E-state index < -0.39 is 42.7 Å². The van der Waals surface area contributed by atoms with Crippen LogP contribution in [0, 0.1) is 0 Å². The van der Waals surface area contributed by atoms with Crippen molar-refractivity contribution in [2.75, 3.05) is 17.7 Å². The minimum Gasteiger partial charge on any atom is -0.462 e. The van der Waals surface area contributed by atoms with Gasteiger partial charge in [0.25, 0.3) is 0 Å². The summed E-state index contributed by atoms with van der Waals surface area (Å²) >= 11 is 5.76.